The van der Waals surface area contributed by atoms with Crippen molar-refractivity contribution >= 4 is 11.7 Å². The van der Waals surface area contributed by atoms with Crippen LogP contribution in [0.15, 0.2) is 24.4 Å². The topological polar surface area (TPSA) is 137 Å². The highest BCUT2D eigenvalue weighted by molar-refractivity contribution is 5.73. The number of aliphatic carboxylic acids is 1. The zero-order valence-corrected chi connectivity index (χ0v) is 11.1. The van der Waals surface area contributed by atoms with Gasteiger partial charge in [0.05, 0.1) is 22.5 Å². The fraction of sp³-hybridized carbons (Fsp3) is 0.250. The molecule has 0 spiro atoms. The molecule has 0 amide bonds. The van der Waals surface area contributed by atoms with E-state index < -0.39 is 16.9 Å². The predicted molar refractivity (Wildman–Crippen MR) is 72.1 cm³/mol. The molecular weight excluding hydrogens is 278 g/mol. The number of hydrogen-bond acceptors (Lipinski definition) is 6. The summed E-state index contributed by atoms with van der Waals surface area (Å²) < 4.78 is 1.42. The number of nitrogens with zero attached hydrogens (tertiary/aromatic N) is 4. The van der Waals surface area contributed by atoms with Gasteiger partial charge in [-0.2, -0.15) is 0 Å². The maximum absolute atomic E-state index is 10.8. The van der Waals surface area contributed by atoms with Crippen LogP contribution in [0.4, 0.5) is 5.69 Å². The third-order valence-corrected chi connectivity index (χ3v) is 2.93. The maximum atomic E-state index is 10.8. The van der Waals surface area contributed by atoms with E-state index in [0.29, 0.717) is 16.9 Å². The Morgan fingerprint density at radius 2 is 2.29 bits per heavy atom. The highest BCUT2D eigenvalue weighted by atomic mass is 16.6. The number of nitro groups is 1. The molecule has 0 saturated carbocycles. The maximum Gasteiger partial charge on any atom is 0.320 e. The Kier molecular flexibility index (Phi) is 3.94. The van der Waals surface area contributed by atoms with E-state index in [1.807, 2.05) is 0 Å². The number of nitrogens with two attached hydrogens (primary N) is 1. The molecule has 0 aliphatic carbocycles. The van der Waals surface area contributed by atoms with Crippen molar-refractivity contribution < 1.29 is 14.8 Å². The Balaban J connectivity index is 2.23. The van der Waals surface area contributed by atoms with Gasteiger partial charge in [-0.15, -0.1) is 5.10 Å². The minimum absolute atomic E-state index is 0.0204. The zero-order valence-electron chi connectivity index (χ0n) is 11.1. The quantitative estimate of drug-likeness (QED) is 0.602. The summed E-state index contributed by atoms with van der Waals surface area (Å²) in [4.78, 5) is 21.0. The molecule has 1 unspecified atom stereocenters. The molecule has 2 aromatic rings. The number of aryl methyl sites for hydroxylation is 1. The van der Waals surface area contributed by atoms with E-state index in [1.54, 1.807) is 25.3 Å². The van der Waals surface area contributed by atoms with Gasteiger partial charge in [0.1, 0.15) is 6.04 Å². The number of benzene rings is 1. The summed E-state index contributed by atoms with van der Waals surface area (Å²) in [5.41, 5.74) is 6.97. The lowest BCUT2D eigenvalue weighted by molar-refractivity contribution is -0.385. The van der Waals surface area contributed by atoms with Crippen molar-refractivity contribution in [2.24, 2.45) is 5.73 Å². The van der Waals surface area contributed by atoms with E-state index in [1.165, 1.54) is 10.7 Å². The summed E-state index contributed by atoms with van der Waals surface area (Å²) in [6.45, 7) is 1.62. The SMILES string of the molecule is Cc1cc(-n2cc(CC(N)C(=O)O)nn2)ccc1[N+](=O)[O-]. The van der Waals surface area contributed by atoms with E-state index >= 15 is 0 Å². The minimum atomic E-state index is -1.12. The summed E-state index contributed by atoms with van der Waals surface area (Å²) in [7, 11) is 0. The number of carboxylic acid groups (broad SMARTS) is 1. The molecule has 110 valence electrons. The lowest BCUT2D eigenvalue weighted by atomic mass is 10.1. The Labute approximate surface area is 119 Å². The van der Waals surface area contributed by atoms with Crippen LogP contribution in [0.5, 0.6) is 0 Å². The Morgan fingerprint density at radius 1 is 1.57 bits per heavy atom. The number of rotatable bonds is 5. The van der Waals surface area contributed by atoms with Crippen LogP contribution in [0.2, 0.25) is 0 Å². The summed E-state index contributed by atoms with van der Waals surface area (Å²) in [5.74, 6) is -1.12. The van der Waals surface area contributed by atoms with Crippen molar-refractivity contribution in [3.05, 3.63) is 45.8 Å². The third kappa shape index (κ3) is 3.20. The Hall–Kier alpha value is -2.81. The van der Waals surface area contributed by atoms with Crippen molar-refractivity contribution in [3.63, 3.8) is 0 Å². The van der Waals surface area contributed by atoms with Gasteiger partial charge in [-0.1, -0.05) is 5.21 Å². The standard InChI is InChI=1S/C12H13N5O4/c1-7-4-9(2-3-11(7)17(20)21)16-6-8(14-15-16)5-10(13)12(18)19/h2-4,6,10H,5,13H2,1H3,(H,18,19). The average Bonchev–Trinajstić information content (AvgIpc) is 2.86. The highest BCUT2D eigenvalue weighted by Crippen LogP contribution is 2.20. The first-order chi connectivity index (χ1) is 9.88. The molecule has 9 heteroatoms. The van der Waals surface area contributed by atoms with Crippen molar-refractivity contribution in [2.75, 3.05) is 0 Å². The molecule has 0 radical (unpaired) electrons. The first kappa shape index (κ1) is 14.6. The van der Waals surface area contributed by atoms with Gasteiger partial charge in [0.15, 0.2) is 0 Å². The van der Waals surface area contributed by atoms with Crippen LogP contribution in [-0.2, 0) is 11.2 Å². The molecule has 0 saturated heterocycles. The van der Waals surface area contributed by atoms with Crippen LogP contribution in [-0.4, -0.2) is 37.0 Å². The molecule has 1 heterocycles. The fourth-order valence-corrected chi connectivity index (χ4v) is 1.82. The van der Waals surface area contributed by atoms with E-state index in [-0.39, 0.29) is 12.1 Å². The van der Waals surface area contributed by atoms with E-state index in [0.717, 1.165) is 0 Å². The van der Waals surface area contributed by atoms with Crippen LogP contribution in [0.3, 0.4) is 0 Å². The molecule has 1 aromatic heterocycles. The largest absolute Gasteiger partial charge is 0.480 e. The third-order valence-electron chi connectivity index (χ3n) is 2.93. The molecule has 0 bridgehead atoms. The highest BCUT2D eigenvalue weighted by Gasteiger charge is 2.16. The van der Waals surface area contributed by atoms with Crippen molar-refractivity contribution in [1.29, 1.82) is 0 Å². The van der Waals surface area contributed by atoms with Crippen molar-refractivity contribution in [3.8, 4) is 5.69 Å². The second-order valence-electron chi connectivity index (χ2n) is 4.53. The molecule has 0 fully saturated rings. The van der Waals surface area contributed by atoms with Crippen LogP contribution in [0.25, 0.3) is 5.69 Å². The molecule has 0 aliphatic heterocycles. The predicted octanol–water partition coefficient (Wildman–Crippen LogP) is 0.438. The second kappa shape index (κ2) is 5.67. The summed E-state index contributed by atoms with van der Waals surface area (Å²) >= 11 is 0. The smallest absolute Gasteiger partial charge is 0.320 e. The van der Waals surface area contributed by atoms with E-state index in [2.05, 4.69) is 10.3 Å². The second-order valence-corrected chi connectivity index (χ2v) is 4.53. The Bertz CT molecular complexity index is 697. The minimum Gasteiger partial charge on any atom is -0.480 e. The van der Waals surface area contributed by atoms with E-state index in [9.17, 15) is 14.9 Å². The average molecular weight is 291 g/mol. The summed E-state index contributed by atoms with van der Waals surface area (Å²) in [5, 5.41) is 27.2. The van der Waals surface area contributed by atoms with Crippen LogP contribution >= 0.6 is 0 Å². The zero-order chi connectivity index (χ0) is 15.6. The number of carboxylic acids is 1. The van der Waals surface area contributed by atoms with Gasteiger partial charge in [0, 0.05) is 18.1 Å². The van der Waals surface area contributed by atoms with Gasteiger partial charge in [-0.25, -0.2) is 4.68 Å². The van der Waals surface area contributed by atoms with Gasteiger partial charge in [0.2, 0.25) is 0 Å². The van der Waals surface area contributed by atoms with Crippen molar-refractivity contribution in [2.45, 2.75) is 19.4 Å². The molecule has 1 atom stereocenters. The lowest BCUT2D eigenvalue weighted by Gasteiger charge is -2.03. The van der Waals surface area contributed by atoms with Crippen LogP contribution in [0.1, 0.15) is 11.3 Å². The molecule has 21 heavy (non-hydrogen) atoms. The van der Waals surface area contributed by atoms with Crippen molar-refractivity contribution in [1.82, 2.24) is 15.0 Å². The van der Waals surface area contributed by atoms with Gasteiger partial charge in [-0.05, 0) is 19.1 Å². The normalized spacial score (nSPS) is 12.1. The number of aromatic nitrogens is 3. The monoisotopic (exact) mass is 291 g/mol. The van der Waals surface area contributed by atoms with Crippen LogP contribution in [0, 0.1) is 17.0 Å². The molecular formula is C12H13N5O4. The molecule has 1 aromatic carbocycles. The fourth-order valence-electron chi connectivity index (χ4n) is 1.82. The van der Waals surface area contributed by atoms with Crippen LogP contribution < -0.4 is 5.73 Å². The number of hydrogen-bond donors (Lipinski definition) is 2. The molecule has 0 aliphatic rings. The summed E-state index contributed by atoms with van der Waals surface area (Å²) in [6, 6.07) is 3.48. The molecule has 9 nitrogen and oxygen atoms in total. The Morgan fingerprint density at radius 3 is 2.86 bits per heavy atom. The van der Waals surface area contributed by atoms with Gasteiger partial charge < -0.3 is 10.8 Å². The first-order valence-electron chi connectivity index (χ1n) is 6.03. The lowest BCUT2D eigenvalue weighted by Crippen LogP contribution is -2.32. The molecule has 3 N–H and O–H groups in total. The number of carbonyl (C=O) groups is 1. The van der Waals surface area contributed by atoms with Gasteiger partial charge in [0.25, 0.3) is 5.69 Å². The first-order valence-corrected chi connectivity index (χ1v) is 6.03. The molecule has 2 rings (SSSR count). The van der Waals surface area contributed by atoms with Gasteiger partial charge in [-0.3, -0.25) is 14.9 Å². The van der Waals surface area contributed by atoms with Gasteiger partial charge >= 0.3 is 5.97 Å². The summed E-state index contributed by atoms with van der Waals surface area (Å²) in [6.07, 6.45) is 1.60. The number of nitro benzene ring substituents is 1. The van der Waals surface area contributed by atoms with E-state index in [4.69, 9.17) is 10.8 Å².